The van der Waals surface area contributed by atoms with Crippen LogP contribution in [0.3, 0.4) is 0 Å². The van der Waals surface area contributed by atoms with Crippen molar-refractivity contribution in [1.29, 1.82) is 0 Å². The highest BCUT2D eigenvalue weighted by Gasteiger charge is 2.35. The Morgan fingerprint density at radius 3 is 2.38 bits per heavy atom. The maximum absolute atomic E-state index is 13.2. The lowest BCUT2D eigenvalue weighted by atomic mass is 10.00. The molecule has 0 aromatic heterocycles. The van der Waals surface area contributed by atoms with E-state index in [0.29, 0.717) is 17.9 Å². The van der Waals surface area contributed by atoms with Gasteiger partial charge in [0, 0.05) is 25.0 Å². The number of aliphatic carboxylic acids is 1. The highest BCUT2D eigenvalue weighted by molar-refractivity contribution is 8.13. The van der Waals surface area contributed by atoms with E-state index in [1.54, 1.807) is 0 Å². The first-order valence-corrected chi connectivity index (χ1v) is 13.0. The largest absolute Gasteiger partial charge is 0.480 e. The monoisotopic (exact) mass is 500 g/mol. The van der Waals surface area contributed by atoms with Crippen LogP contribution < -0.4 is 5.32 Å². The van der Waals surface area contributed by atoms with E-state index < -0.39 is 29.7 Å². The highest BCUT2D eigenvalue weighted by atomic mass is 32.2. The number of hydrogen-bond donors (Lipinski definition) is 2. The maximum atomic E-state index is 13.2. The van der Waals surface area contributed by atoms with Gasteiger partial charge in [-0.05, 0) is 17.5 Å². The molecule has 2 amide bonds. The maximum Gasteiger partial charge on any atom is 0.323 e. The predicted octanol–water partition coefficient (Wildman–Crippen LogP) is 3.01. The Labute approximate surface area is 207 Å². The first-order chi connectivity index (χ1) is 16.3. The summed E-state index contributed by atoms with van der Waals surface area (Å²) in [6, 6.07) is 18.4. The van der Waals surface area contributed by atoms with Gasteiger partial charge in [0.15, 0.2) is 5.12 Å². The average Bonchev–Trinajstić information content (AvgIpc) is 2.96. The summed E-state index contributed by atoms with van der Waals surface area (Å²) in [6.07, 6.45) is 0.483. The van der Waals surface area contributed by atoms with Crippen molar-refractivity contribution < 1.29 is 24.3 Å². The number of thioether (sulfide) groups is 2. The molecule has 180 valence electrons. The summed E-state index contributed by atoms with van der Waals surface area (Å²) in [7, 11) is 0. The lowest BCUT2D eigenvalue weighted by molar-refractivity contribution is -0.144. The van der Waals surface area contributed by atoms with E-state index in [2.05, 4.69) is 5.32 Å². The number of carbonyl (C=O) groups excluding carboxylic acids is 3. The normalized spacial score (nSPS) is 19.2. The van der Waals surface area contributed by atoms with Gasteiger partial charge in [-0.15, -0.1) is 11.8 Å². The van der Waals surface area contributed by atoms with E-state index in [1.807, 2.05) is 60.7 Å². The molecule has 1 aliphatic heterocycles. The van der Waals surface area contributed by atoms with Crippen molar-refractivity contribution in [3.8, 4) is 0 Å². The van der Waals surface area contributed by atoms with E-state index in [9.17, 15) is 24.3 Å². The number of carboxylic acid groups (broad SMARTS) is 1. The van der Waals surface area contributed by atoms with E-state index in [-0.39, 0.29) is 23.5 Å². The zero-order valence-electron chi connectivity index (χ0n) is 18.9. The van der Waals surface area contributed by atoms with Crippen LogP contribution in [0.1, 0.15) is 23.3 Å². The van der Waals surface area contributed by atoms with Crippen LogP contribution in [-0.2, 0) is 25.6 Å². The van der Waals surface area contributed by atoms with Crippen LogP contribution in [0.2, 0.25) is 0 Å². The van der Waals surface area contributed by atoms with E-state index in [1.165, 1.54) is 23.6 Å². The summed E-state index contributed by atoms with van der Waals surface area (Å²) in [6.45, 7) is 1.16. The van der Waals surface area contributed by atoms with Crippen LogP contribution in [0.4, 0.5) is 0 Å². The van der Waals surface area contributed by atoms with Gasteiger partial charge in [0.05, 0.1) is 12.0 Å². The molecule has 7 nitrogen and oxygen atoms in total. The van der Waals surface area contributed by atoms with Gasteiger partial charge in [0.1, 0.15) is 11.8 Å². The average molecular weight is 501 g/mol. The first-order valence-electron chi connectivity index (χ1n) is 11.0. The molecule has 3 rings (SSSR count). The number of rotatable bonds is 9. The van der Waals surface area contributed by atoms with Gasteiger partial charge in [-0.25, -0.2) is 0 Å². The second kappa shape index (κ2) is 12.6. The predicted molar refractivity (Wildman–Crippen MR) is 135 cm³/mol. The number of benzene rings is 2. The quantitative estimate of drug-likeness (QED) is 0.545. The molecule has 2 N–H and O–H groups in total. The molecule has 1 aliphatic rings. The molecule has 2 aromatic rings. The van der Waals surface area contributed by atoms with Gasteiger partial charge in [0.2, 0.25) is 11.8 Å². The van der Waals surface area contributed by atoms with Gasteiger partial charge in [-0.2, -0.15) is 0 Å². The van der Waals surface area contributed by atoms with Crippen molar-refractivity contribution in [2.24, 2.45) is 5.92 Å². The Kier molecular flexibility index (Phi) is 9.59. The topological polar surface area (TPSA) is 104 Å². The van der Waals surface area contributed by atoms with Crippen LogP contribution in [0, 0.1) is 5.92 Å². The summed E-state index contributed by atoms with van der Waals surface area (Å²) in [5.41, 5.74) is 1.80. The number of carboxylic acids is 1. The first kappa shape index (κ1) is 25.8. The van der Waals surface area contributed by atoms with Crippen LogP contribution in [0.15, 0.2) is 60.7 Å². The minimum Gasteiger partial charge on any atom is -0.480 e. The molecule has 9 heteroatoms. The standard InChI is InChI=1S/C25H28N2O5S2/c1-17(28)33-15-20(12-18-8-4-2-5-9-18)24(31)26-21-13-27(14-22(29)30)25(32)23(34-16-21)19-10-6-3-7-11-19/h2-11,20-21,23H,12-16H2,1H3,(H,26,31)(H,29,30). The molecule has 0 bridgehead atoms. The van der Waals surface area contributed by atoms with E-state index in [0.717, 1.165) is 22.9 Å². The smallest absolute Gasteiger partial charge is 0.323 e. The minimum absolute atomic E-state index is 0.0557. The second-order valence-electron chi connectivity index (χ2n) is 8.13. The zero-order chi connectivity index (χ0) is 24.5. The zero-order valence-corrected chi connectivity index (χ0v) is 20.5. The number of amides is 2. The van der Waals surface area contributed by atoms with Crippen molar-refractivity contribution in [1.82, 2.24) is 10.2 Å². The molecule has 1 heterocycles. The molecule has 34 heavy (non-hydrogen) atoms. The Hall–Kier alpha value is -2.78. The van der Waals surface area contributed by atoms with Crippen molar-refractivity contribution in [3.05, 3.63) is 71.8 Å². The van der Waals surface area contributed by atoms with Crippen molar-refractivity contribution in [3.63, 3.8) is 0 Å². The molecule has 1 saturated heterocycles. The third-order valence-corrected chi connectivity index (χ3v) is 7.78. The minimum atomic E-state index is -1.10. The SMILES string of the molecule is CC(=O)SCC(Cc1ccccc1)C(=O)NC1CSC(c2ccccc2)C(=O)N(CC(=O)O)C1. The molecule has 0 spiro atoms. The van der Waals surface area contributed by atoms with E-state index in [4.69, 9.17) is 0 Å². The summed E-state index contributed by atoms with van der Waals surface area (Å²) in [5, 5.41) is 11.8. The van der Waals surface area contributed by atoms with Crippen molar-refractivity contribution in [2.45, 2.75) is 24.6 Å². The summed E-state index contributed by atoms with van der Waals surface area (Å²) in [5.74, 6) is -1.20. The number of nitrogens with zero attached hydrogens (tertiary/aromatic N) is 1. The fourth-order valence-corrected chi connectivity index (χ4v) is 5.74. The Bertz CT molecular complexity index is 1000. The van der Waals surface area contributed by atoms with Gasteiger partial charge in [-0.3, -0.25) is 19.2 Å². The van der Waals surface area contributed by atoms with E-state index >= 15 is 0 Å². The molecule has 1 fully saturated rings. The summed E-state index contributed by atoms with van der Waals surface area (Å²) in [4.78, 5) is 50.7. The molecular weight excluding hydrogens is 472 g/mol. The van der Waals surface area contributed by atoms with Crippen molar-refractivity contribution >= 4 is 46.4 Å². The fraction of sp³-hybridized carbons (Fsp3) is 0.360. The summed E-state index contributed by atoms with van der Waals surface area (Å²) >= 11 is 2.51. The van der Waals surface area contributed by atoms with Crippen LogP contribution >= 0.6 is 23.5 Å². The Morgan fingerprint density at radius 1 is 1.12 bits per heavy atom. The lowest BCUT2D eigenvalue weighted by Gasteiger charge is -2.26. The molecule has 0 radical (unpaired) electrons. The lowest BCUT2D eigenvalue weighted by Crippen LogP contribution is -2.49. The molecular formula is C25H28N2O5S2. The molecule has 3 unspecified atom stereocenters. The van der Waals surface area contributed by atoms with Gasteiger partial charge >= 0.3 is 5.97 Å². The molecule has 0 saturated carbocycles. The third-order valence-electron chi connectivity index (χ3n) is 5.40. The third kappa shape index (κ3) is 7.63. The number of hydrogen-bond acceptors (Lipinski definition) is 6. The highest BCUT2D eigenvalue weighted by Crippen LogP contribution is 2.34. The fourth-order valence-electron chi connectivity index (χ4n) is 3.78. The van der Waals surface area contributed by atoms with Gasteiger partial charge < -0.3 is 15.3 Å². The number of nitrogens with one attached hydrogen (secondary N) is 1. The number of carbonyl (C=O) groups is 4. The Morgan fingerprint density at radius 2 is 1.76 bits per heavy atom. The van der Waals surface area contributed by atoms with Gasteiger partial charge in [0.25, 0.3) is 0 Å². The Balaban J connectivity index is 1.75. The summed E-state index contributed by atoms with van der Waals surface area (Å²) < 4.78 is 0. The van der Waals surface area contributed by atoms with Crippen LogP contribution in [0.25, 0.3) is 0 Å². The molecule has 2 aromatic carbocycles. The van der Waals surface area contributed by atoms with Crippen LogP contribution in [0.5, 0.6) is 0 Å². The molecule has 0 aliphatic carbocycles. The van der Waals surface area contributed by atoms with Crippen LogP contribution in [-0.4, -0.2) is 63.5 Å². The second-order valence-corrected chi connectivity index (χ2v) is 10.5. The van der Waals surface area contributed by atoms with Gasteiger partial charge in [-0.1, -0.05) is 72.4 Å². The van der Waals surface area contributed by atoms with Crippen molar-refractivity contribution in [2.75, 3.05) is 24.6 Å². The molecule has 3 atom stereocenters.